The fourth-order valence-corrected chi connectivity index (χ4v) is 5.19. The molecular formula is C23H28ClF3N8. The maximum absolute atomic E-state index is 13.5. The maximum Gasteiger partial charge on any atom is 0.433 e. The third kappa shape index (κ3) is 4.97. The highest BCUT2D eigenvalue weighted by molar-refractivity contribution is 6.31. The first-order valence-electron chi connectivity index (χ1n) is 11.8. The van der Waals surface area contributed by atoms with E-state index in [2.05, 4.69) is 42.2 Å². The van der Waals surface area contributed by atoms with E-state index in [1.807, 2.05) is 17.0 Å². The second-order valence-electron chi connectivity index (χ2n) is 9.04. The first-order chi connectivity index (χ1) is 16.8. The predicted octanol–water partition coefficient (Wildman–Crippen LogP) is 4.17. The summed E-state index contributed by atoms with van der Waals surface area (Å²) in [6.45, 7) is 8.52. The summed E-state index contributed by atoms with van der Waals surface area (Å²) in [5, 5.41) is 9.91. The van der Waals surface area contributed by atoms with Crippen LogP contribution in [0.3, 0.4) is 0 Å². The first kappa shape index (κ1) is 23.9. The molecule has 0 saturated carbocycles. The van der Waals surface area contributed by atoms with Gasteiger partial charge < -0.3 is 20.0 Å². The molecule has 5 rings (SSSR count). The van der Waals surface area contributed by atoms with Gasteiger partial charge in [-0.05, 0) is 50.6 Å². The highest BCUT2D eigenvalue weighted by Crippen LogP contribution is 2.37. The maximum atomic E-state index is 13.5. The zero-order valence-electron chi connectivity index (χ0n) is 19.5. The number of likely N-dealkylation sites (tertiary alicyclic amines) is 1. The summed E-state index contributed by atoms with van der Waals surface area (Å²) in [5.74, 6) is 0.253. The van der Waals surface area contributed by atoms with Gasteiger partial charge in [-0.3, -0.25) is 5.10 Å². The molecule has 0 atom stereocenters. The van der Waals surface area contributed by atoms with Gasteiger partial charge >= 0.3 is 6.18 Å². The average molecular weight is 509 g/mol. The van der Waals surface area contributed by atoms with Crippen LogP contribution in [-0.4, -0.2) is 77.4 Å². The summed E-state index contributed by atoms with van der Waals surface area (Å²) < 4.78 is 40.5. The number of anilines is 3. The Bertz CT molecular complexity index is 1180. The van der Waals surface area contributed by atoms with Gasteiger partial charge in [0.05, 0.1) is 5.39 Å². The lowest BCUT2D eigenvalue weighted by Gasteiger charge is -2.38. The van der Waals surface area contributed by atoms with Crippen molar-refractivity contribution >= 4 is 39.8 Å². The number of alkyl halides is 3. The van der Waals surface area contributed by atoms with Crippen LogP contribution in [0.1, 0.15) is 24.1 Å². The summed E-state index contributed by atoms with van der Waals surface area (Å²) in [7, 11) is 0. The molecule has 2 fully saturated rings. The number of H-pyrrole nitrogens is 1. The van der Waals surface area contributed by atoms with Crippen LogP contribution in [0.15, 0.2) is 18.5 Å². The van der Waals surface area contributed by atoms with Gasteiger partial charge in [0.2, 0.25) is 0 Å². The van der Waals surface area contributed by atoms with Crippen molar-refractivity contribution in [3.05, 3.63) is 34.7 Å². The van der Waals surface area contributed by atoms with Crippen LogP contribution in [0.25, 0.3) is 11.0 Å². The molecule has 3 aromatic rings. The van der Waals surface area contributed by atoms with Gasteiger partial charge in [-0.2, -0.15) is 18.3 Å². The van der Waals surface area contributed by atoms with E-state index >= 15 is 0 Å². The highest BCUT2D eigenvalue weighted by Gasteiger charge is 2.37. The standard InChI is InChI=1S/C23H28ClF3N8/c1-15-17(28-4-7-33-5-2-3-6-33)12-16(24)13-18(15)34-8-10-35(11-9-34)22-19-20(23(25,26)27)31-32-21(19)29-14-30-22/h12-14,28H,2-11H2,1H3,(H,29,30,31,32). The van der Waals surface area contributed by atoms with E-state index in [-0.39, 0.29) is 16.9 Å². The van der Waals surface area contributed by atoms with Crippen molar-refractivity contribution in [1.29, 1.82) is 0 Å². The van der Waals surface area contributed by atoms with E-state index in [0.717, 1.165) is 43.1 Å². The highest BCUT2D eigenvalue weighted by atomic mass is 35.5. The van der Waals surface area contributed by atoms with Crippen LogP contribution in [0.2, 0.25) is 5.02 Å². The Morgan fingerprint density at radius 2 is 1.74 bits per heavy atom. The van der Waals surface area contributed by atoms with E-state index in [4.69, 9.17) is 11.6 Å². The largest absolute Gasteiger partial charge is 0.433 e. The first-order valence-corrected chi connectivity index (χ1v) is 12.2. The van der Waals surface area contributed by atoms with Crippen LogP contribution in [0.4, 0.5) is 30.4 Å². The molecular weight excluding hydrogens is 481 g/mol. The number of aromatic amines is 1. The van der Waals surface area contributed by atoms with Crippen LogP contribution < -0.4 is 15.1 Å². The molecule has 2 aliphatic heterocycles. The summed E-state index contributed by atoms with van der Waals surface area (Å²) >= 11 is 6.46. The van der Waals surface area contributed by atoms with Gasteiger partial charge in [0.25, 0.3) is 0 Å². The van der Waals surface area contributed by atoms with Crippen molar-refractivity contribution in [1.82, 2.24) is 25.1 Å². The molecule has 0 unspecified atom stereocenters. The fraction of sp³-hybridized carbons (Fsp3) is 0.522. The van der Waals surface area contributed by atoms with E-state index in [1.54, 1.807) is 0 Å². The summed E-state index contributed by atoms with van der Waals surface area (Å²) in [4.78, 5) is 14.6. The lowest BCUT2D eigenvalue weighted by atomic mass is 10.1. The molecule has 0 aliphatic carbocycles. The fourth-order valence-electron chi connectivity index (χ4n) is 4.98. The number of piperazine rings is 1. The second kappa shape index (κ2) is 9.69. The Morgan fingerprint density at radius 3 is 2.46 bits per heavy atom. The molecule has 0 bridgehead atoms. The van der Waals surface area contributed by atoms with Crippen LogP contribution in [0.5, 0.6) is 0 Å². The van der Waals surface area contributed by atoms with Gasteiger partial charge in [0, 0.05) is 55.7 Å². The van der Waals surface area contributed by atoms with Gasteiger partial charge in [0.1, 0.15) is 12.1 Å². The van der Waals surface area contributed by atoms with Gasteiger partial charge in [0.15, 0.2) is 11.3 Å². The van der Waals surface area contributed by atoms with Gasteiger partial charge in [-0.15, -0.1) is 0 Å². The zero-order chi connectivity index (χ0) is 24.6. The van der Waals surface area contributed by atoms with Crippen molar-refractivity contribution in [3.8, 4) is 0 Å². The molecule has 2 saturated heterocycles. The molecule has 0 spiro atoms. The molecule has 0 radical (unpaired) electrons. The quantitative estimate of drug-likeness (QED) is 0.517. The minimum absolute atomic E-state index is 0.0140. The Balaban J connectivity index is 1.30. The predicted molar refractivity (Wildman–Crippen MR) is 131 cm³/mol. The number of rotatable bonds is 6. The molecule has 0 amide bonds. The minimum atomic E-state index is -4.56. The molecule has 1 aromatic carbocycles. The van der Waals surface area contributed by atoms with Crippen molar-refractivity contribution in [2.45, 2.75) is 25.9 Å². The number of hydrogen-bond acceptors (Lipinski definition) is 7. The molecule has 8 nitrogen and oxygen atoms in total. The molecule has 35 heavy (non-hydrogen) atoms. The summed E-state index contributed by atoms with van der Waals surface area (Å²) in [5.41, 5.74) is 2.26. The number of fused-ring (bicyclic) bond motifs is 1. The monoisotopic (exact) mass is 508 g/mol. The molecule has 2 N–H and O–H groups in total. The number of halogens is 4. The van der Waals surface area contributed by atoms with Crippen molar-refractivity contribution in [2.24, 2.45) is 0 Å². The lowest BCUT2D eigenvalue weighted by molar-refractivity contribution is -0.139. The Morgan fingerprint density at radius 1 is 1.03 bits per heavy atom. The third-order valence-corrected chi connectivity index (χ3v) is 7.04. The Hall–Kier alpha value is -2.79. The molecule has 2 aliphatic rings. The van der Waals surface area contributed by atoms with Crippen molar-refractivity contribution in [2.75, 3.05) is 67.5 Å². The van der Waals surface area contributed by atoms with E-state index in [0.29, 0.717) is 31.2 Å². The van der Waals surface area contributed by atoms with Crippen LogP contribution in [-0.2, 0) is 6.18 Å². The Kier molecular flexibility index (Phi) is 6.63. The number of nitrogens with zero attached hydrogens (tertiary/aromatic N) is 6. The van der Waals surface area contributed by atoms with E-state index in [9.17, 15) is 13.2 Å². The van der Waals surface area contributed by atoms with Gasteiger partial charge in [-0.1, -0.05) is 11.6 Å². The van der Waals surface area contributed by atoms with Crippen LogP contribution >= 0.6 is 11.6 Å². The molecule has 4 heterocycles. The van der Waals surface area contributed by atoms with E-state index in [1.165, 1.54) is 19.2 Å². The van der Waals surface area contributed by atoms with Crippen molar-refractivity contribution < 1.29 is 13.2 Å². The molecule has 12 heteroatoms. The number of benzene rings is 1. The normalized spacial score (nSPS) is 17.5. The van der Waals surface area contributed by atoms with Crippen LogP contribution in [0, 0.1) is 6.92 Å². The smallest absolute Gasteiger partial charge is 0.383 e. The summed E-state index contributed by atoms with van der Waals surface area (Å²) in [6, 6.07) is 3.91. The number of nitrogens with one attached hydrogen (secondary N) is 2. The molecule has 2 aromatic heterocycles. The number of aromatic nitrogens is 4. The third-order valence-electron chi connectivity index (χ3n) is 6.82. The summed E-state index contributed by atoms with van der Waals surface area (Å²) in [6.07, 6.45) is -0.770. The molecule has 188 valence electrons. The number of hydrogen-bond donors (Lipinski definition) is 2. The van der Waals surface area contributed by atoms with Crippen molar-refractivity contribution in [3.63, 3.8) is 0 Å². The topological polar surface area (TPSA) is 76.2 Å². The van der Waals surface area contributed by atoms with E-state index < -0.39 is 11.9 Å². The lowest BCUT2D eigenvalue weighted by Crippen LogP contribution is -2.47. The average Bonchev–Trinajstić information content (AvgIpc) is 3.51. The SMILES string of the molecule is Cc1c(NCCN2CCCC2)cc(Cl)cc1N1CCN(c2ncnc3n[nH]c(C(F)(F)F)c23)CC1. The Labute approximate surface area is 206 Å². The zero-order valence-corrected chi connectivity index (χ0v) is 20.3. The second-order valence-corrected chi connectivity index (χ2v) is 9.48. The minimum Gasteiger partial charge on any atom is -0.383 e. The van der Waals surface area contributed by atoms with Gasteiger partial charge in [-0.25, -0.2) is 9.97 Å².